The van der Waals surface area contributed by atoms with Crippen LogP contribution in [0.25, 0.3) is 0 Å². The van der Waals surface area contributed by atoms with Crippen LogP contribution in [-0.2, 0) is 4.79 Å². The number of rotatable bonds is 4. The van der Waals surface area contributed by atoms with Gasteiger partial charge in [-0.2, -0.15) is 0 Å². The van der Waals surface area contributed by atoms with Crippen LogP contribution in [0, 0.1) is 5.92 Å². The van der Waals surface area contributed by atoms with Gasteiger partial charge >= 0.3 is 0 Å². The molecule has 0 heterocycles. The van der Waals surface area contributed by atoms with Gasteiger partial charge < -0.3 is 5.32 Å². The van der Waals surface area contributed by atoms with E-state index >= 15 is 0 Å². The highest BCUT2D eigenvalue weighted by Gasteiger charge is 2.17. The molecule has 0 aromatic carbocycles. The van der Waals surface area contributed by atoms with Crippen molar-refractivity contribution in [3.05, 3.63) is 0 Å². The molecule has 0 aromatic heterocycles. The van der Waals surface area contributed by atoms with E-state index in [-0.39, 0.29) is 11.8 Å². The standard InChI is InChI=1S/C9H19NO/c1-6(2)9(8(5)11)10-7(3)4/h6-7,9-10H,1-5H3/t9-/m0/s1. The minimum atomic E-state index is 0.0231. The summed E-state index contributed by atoms with van der Waals surface area (Å²) in [7, 11) is 0. The summed E-state index contributed by atoms with van der Waals surface area (Å²) in [6.45, 7) is 9.86. The number of nitrogens with one attached hydrogen (secondary N) is 1. The minimum absolute atomic E-state index is 0.0231. The van der Waals surface area contributed by atoms with Crippen molar-refractivity contribution in [2.75, 3.05) is 0 Å². The van der Waals surface area contributed by atoms with Crippen LogP contribution >= 0.6 is 0 Å². The van der Waals surface area contributed by atoms with Crippen molar-refractivity contribution in [2.45, 2.75) is 46.7 Å². The third kappa shape index (κ3) is 4.14. The number of carbonyl (C=O) groups excluding carboxylic acids is 1. The lowest BCUT2D eigenvalue weighted by atomic mass is 10.0. The molecular weight excluding hydrogens is 138 g/mol. The Morgan fingerprint density at radius 3 is 1.73 bits per heavy atom. The fourth-order valence-corrected chi connectivity index (χ4v) is 1.14. The lowest BCUT2D eigenvalue weighted by Crippen LogP contribution is -2.43. The maximum absolute atomic E-state index is 11.1. The first kappa shape index (κ1) is 10.6. The zero-order valence-corrected chi connectivity index (χ0v) is 8.14. The zero-order chi connectivity index (χ0) is 9.02. The molecule has 0 saturated carbocycles. The van der Waals surface area contributed by atoms with Gasteiger partial charge in [-0.15, -0.1) is 0 Å². The Morgan fingerprint density at radius 2 is 1.64 bits per heavy atom. The van der Waals surface area contributed by atoms with E-state index in [1.54, 1.807) is 6.92 Å². The van der Waals surface area contributed by atoms with E-state index in [4.69, 9.17) is 0 Å². The largest absolute Gasteiger partial charge is 0.305 e. The summed E-state index contributed by atoms with van der Waals surface area (Å²) >= 11 is 0. The van der Waals surface area contributed by atoms with Gasteiger partial charge in [0.15, 0.2) is 0 Å². The molecule has 0 fully saturated rings. The van der Waals surface area contributed by atoms with E-state index in [1.165, 1.54) is 0 Å². The Morgan fingerprint density at radius 1 is 1.18 bits per heavy atom. The van der Waals surface area contributed by atoms with Gasteiger partial charge in [0.2, 0.25) is 0 Å². The third-order valence-corrected chi connectivity index (χ3v) is 1.62. The van der Waals surface area contributed by atoms with Gasteiger partial charge in [-0.1, -0.05) is 27.7 Å². The molecular formula is C9H19NO. The smallest absolute Gasteiger partial charge is 0.146 e. The Hall–Kier alpha value is -0.370. The monoisotopic (exact) mass is 157 g/mol. The Bertz CT molecular complexity index is 130. The summed E-state index contributed by atoms with van der Waals surface area (Å²) in [5.41, 5.74) is 0. The van der Waals surface area contributed by atoms with E-state index in [1.807, 2.05) is 0 Å². The molecule has 0 aromatic rings. The molecule has 0 rings (SSSR count). The molecule has 0 aliphatic rings. The molecule has 0 aliphatic heterocycles. The molecule has 1 N–H and O–H groups in total. The predicted molar refractivity (Wildman–Crippen MR) is 47.6 cm³/mol. The van der Waals surface area contributed by atoms with Gasteiger partial charge in [-0.3, -0.25) is 4.79 Å². The molecule has 0 bridgehead atoms. The Labute approximate surface area is 69.4 Å². The van der Waals surface area contributed by atoms with Crippen molar-refractivity contribution in [2.24, 2.45) is 5.92 Å². The number of Topliss-reactive ketones (excluding diaryl/α,β-unsaturated/α-hetero) is 1. The fourth-order valence-electron chi connectivity index (χ4n) is 1.14. The zero-order valence-electron chi connectivity index (χ0n) is 8.14. The van der Waals surface area contributed by atoms with Crippen LogP contribution in [0.4, 0.5) is 0 Å². The number of hydrogen-bond donors (Lipinski definition) is 1. The lowest BCUT2D eigenvalue weighted by molar-refractivity contribution is -0.120. The minimum Gasteiger partial charge on any atom is -0.305 e. The highest BCUT2D eigenvalue weighted by Crippen LogP contribution is 2.03. The second-order valence-corrected chi connectivity index (χ2v) is 3.65. The van der Waals surface area contributed by atoms with Crippen LogP contribution in [0.2, 0.25) is 0 Å². The highest BCUT2D eigenvalue weighted by molar-refractivity contribution is 5.81. The molecule has 0 radical (unpaired) electrons. The van der Waals surface area contributed by atoms with E-state index < -0.39 is 0 Å². The van der Waals surface area contributed by atoms with Crippen molar-refractivity contribution in [3.8, 4) is 0 Å². The predicted octanol–water partition coefficient (Wildman–Crippen LogP) is 1.60. The summed E-state index contributed by atoms with van der Waals surface area (Å²) in [5, 5.41) is 3.23. The molecule has 0 amide bonds. The number of hydrogen-bond acceptors (Lipinski definition) is 2. The maximum atomic E-state index is 11.1. The van der Waals surface area contributed by atoms with Crippen LogP contribution in [0.3, 0.4) is 0 Å². The van der Waals surface area contributed by atoms with Gasteiger partial charge in [0.25, 0.3) is 0 Å². The second-order valence-electron chi connectivity index (χ2n) is 3.65. The molecule has 0 spiro atoms. The Balaban J connectivity index is 4.01. The van der Waals surface area contributed by atoms with Crippen molar-refractivity contribution >= 4 is 5.78 Å². The summed E-state index contributed by atoms with van der Waals surface area (Å²) in [6.07, 6.45) is 0. The van der Waals surface area contributed by atoms with Crippen molar-refractivity contribution in [1.29, 1.82) is 0 Å². The highest BCUT2D eigenvalue weighted by atomic mass is 16.1. The number of carbonyl (C=O) groups is 1. The SMILES string of the molecule is CC(=O)[C@@H](NC(C)C)C(C)C. The summed E-state index contributed by atoms with van der Waals surface area (Å²) in [4.78, 5) is 11.1. The summed E-state index contributed by atoms with van der Waals surface area (Å²) in [6, 6.07) is 0.404. The molecule has 0 aliphatic carbocycles. The molecule has 1 atom stereocenters. The molecule has 11 heavy (non-hydrogen) atoms. The van der Waals surface area contributed by atoms with Gasteiger partial charge in [-0.05, 0) is 12.8 Å². The quantitative estimate of drug-likeness (QED) is 0.671. The van der Waals surface area contributed by atoms with Crippen LogP contribution < -0.4 is 5.32 Å². The molecule has 66 valence electrons. The first-order chi connectivity index (χ1) is 4.95. The first-order valence-electron chi connectivity index (χ1n) is 4.21. The molecule has 2 nitrogen and oxygen atoms in total. The van der Waals surface area contributed by atoms with Crippen molar-refractivity contribution in [3.63, 3.8) is 0 Å². The van der Waals surface area contributed by atoms with Crippen molar-refractivity contribution in [1.82, 2.24) is 5.32 Å². The van der Waals surface area contributed by atoms with Gasteiger partial charge in [-0.25, -0.2) is 0 Å². The lowest BCUT2D eigenvalue weighted by Gasteiger charge is -2.21. The Kier molecular flexibility index (Phi) is 4.34. The van der Waals surface area contributed by atoms with Crippen LogP contribution in [-0.4, -0.2) is 17.9 Å². The number of ketones is 1. The van der Waals surface area contributed by atoms with E-state index in [0.717, 1.165) is 0 Å². The van der Waals surface area contributed by atoms with Crippen LogP contribution in [0.15, 0.2) is 0 Å². The summed E-state index contributed by atoms with van der Waals surface area (Å²) < 4.78 is 0. The van der Waals surface area contributed by atoms with Crippen molar-refractivity contribution < 1.29 is 4.79 Å². The molecule has 0 saturated heterocycles. The molecule has 2 heteroatoms. The topological polar surface area (TPSA) is 29.1 Å². The fraction of sp³-hybridized carbons (Fsp3) is 0.889. The van der Waals surface area contributed by atoms with E-state index in [9.17, 15) is 4.79 Å². The van der Waals surface area contributed by atoms with E-state index in [0.29, 0.717) is 12.0 Å². The van der Waals surface area contributed by atoms with E-state index in [2.05, 4.69) is 33.0 Å². The van der Waals surface area contributed by atoms with Crippen LogP contribution in [0.5, 0.6) is 0 Å². The summed E-state index contributed by atoms with van der Waals surface area (Å²) in [5.74, 6) is 0.614. The normalized spacial score (nSPS) is 14.1. The first-order valence-corrected chi connectivity index (χ1v) is 4.21. The van der Waals surface area contributed by atoms with Gasteiger partial charge in [0, 0.05) is 6.04 Å². The van der Waals surface area contributed by atoms with Gasteiger partial charge in [0.1, 0.15) is 5.78 Å². The average Bonchev–Trinajstić information content (AvgIpc) is 1.81. The molecule has 0 unspecified atom stereocenters. The average molecular weight is 157 g/mol. The van der Waals surface area contributed by atoms with Crippen LogP contribution in [0.1, 0.15) is 34.6 Å². The van der Waals surface area contributed by atoms with Gasteiger partial charge in [0.05, 0.1) is 6.04 Å². The third-order valence-electron chi connectivity index (χ3n) is 1.62. The second kappa shape index (κ2) is 4.50. The maximum Gasteiger partial charge on any atom is 0.146 e.